The third kappa shape index (κ3) is 2.31. The van der Waals surface area contributed by atoms with E-state index >= 15 is 0 Å². The van der Waals surface area contributed by atoms with Crippen molar-refractivity contribution in [2.45, 2.75) is 6.54 Å². The first-order valence-electron chi connectivity index (χ1n) is 6.69. The molecule has 0 bridgehead atoms. The van der Waals surface area contributed by atoms with E-state index < -0.39 is 0 Å². The van der Waals surface area contributed by atoms with Crippen molar-refractivity contribution in [1.82, 2.24) is 12.9 Å². The number of anilines is 1. The third-order valence-corrected chi connectivity index (χ3v) is 4.63. The van der Waals surface area contributed by atoms with E-state index in [4.69, 9.17) is 0 Å². The molecule has 102 valence electrons. The second kappa shape index (κ2) is 5.28. The van der Waals surface area contributed by atoms with Crippen molar-refractivity contribution in [2.24, 2.45) is 0 Å². The average molecular weight is 339 g/mol. The average Bonchev–Trinajstić information content (AvgIpc) is 3.02. The standard InChI is InChI=1S/C16H12N4Se/c1-2-5-13-12(4-1)11(8-9-17-13)10-18-14-6-3-7-15-16(14)20-21-19-15/h1-9,18H,10H2. The van der Waals surface area contributed by atoms with Crippen LogP contribution in [0, 0.1) is 0 Å². The molecule has 0 atom stereocenters. The van der Waals surface area contributed by atoms with Gasteiger partial charge in [0.25, 0.3) is 0 Å². The van der Waals surface area contributed by atoms with Crippen molar-refractivity contribution < 1.29 is 0 Å². The number of fused-ring (bicyclic) bond motifs is 2. The summed E-state index contributed by atoms with van der Waals surface area (Å²) in [5.74, 6) is 0. The van der Waals surface area contributed by atoms with Crippen molar-refractivity contribution in [3.63, 3.8) is 0 Å². The van der Waals surface area contributed by atoms with Gasteiger partial charge >= 0.3 is 128 Å². The van der Waals surface area contributed by atoms with Crippen molar-refractivity contribution in [1.29, 1.82) is 0 Å². The van der Waals surface area contributed by atoms with E-state index in [1.807, 2.05) is 36.5 Å². The summed E-state index contributed by atoms with van der Waals surface area (Å²) in [5.41, 5.74) is 5.31. The summed E-state index contributed by atoms with van der Waals surface area (Å²) in [7, 11) is 0. The van der Waals surface area contributed by atoms with Gasteiger partial charge in [0, 0.05) is 0 Å². The Kier molecular flexibility index (Phi) is 3.14. The van der Waals surface area contributed by atoms with Crippen molar-refractivity contribution in [3.05, 3.63) is 60.3 Å². The molecule has 0 saturated heterocycles. The number of nitrogens with zero attached hydrogens (tertiary/aromatic N) is 3. The Balaban J connectivity index is 1.68. The molecule has 21 heavy (non-hydrogen) atoms. The fourth-order valence-electron chi connectivity index (χ4n) is 2.45. The Morgan fingerprint density at radius 3 is 2.81 bits per heavy atom. The van der Waals surface area contributed by atoms with Gasteiger partial charge in [-0.05, 0) is 0 Å². The molecular formula is C16H12N4Se. The summed E-state index contributed by atoms with van der Waals surface area (Å²) < 4.78 is 8.91. The maximum absolute atomic E-state index is 4.49. The fraction of sp³-hybridized carbons (Fsp3) is 0.0625. The van der Waals surface area contributed by atoms with Gasteiger partial charge in [-0.3, -0.25) is 0 Å². The number of pyridine rings is 1. The normalized spacial score (nSPS) is 11.0. The van der Waals surface area contributed by atoms with Crippen LogP contribution in [0.2, 0.25) is 0 Å². The van der Waals surface area contributed by atoms with Crippen LogP contribution in [0.1, 0.15) is 5.56 Å². The van der Waals surface area contributed by atoms with Gasteiger partial charge < -0.3 is 0 Å². The molecule has 0 aliphatic rings. The molecule has 0 fully saturated rings. The molecule has 4 aromatic rings. The zero-order chi connectivity index (χ0) is 14.1. The Bertz CT molecular complexity index is 911. The molecule has 5 heteroatoms. The van der Waals surface area contributed by atoms with Crippen LogP contribution in [0.15, 0.2) is 54.7 Å². The molecule has 4 nitrogen and oxygen atoms in total. The van der Waals surface area contributed by atoms with Crippen molar-refractivity contribution in [3.8, 4) is 0 Å². The van der Waals surface area contributed by atoms with Gasteiger partial charge in [0.05, 0.1) is 0 Å². The Morgan fingerprint density at radius 1 is 0.905 bits per heavy atom. The van der Waals surface area contributed by atoms with Crippen LogP contribution in [0.5, 0.6) is 0 Å². The first-order valence-corrected chi connectivity index (χ1v) is 8.23. The van der Waals surface area contributed by atoms with Crippen LogP contribution < -0.4 is 5.32 Å². The molecule has 0 aliphatic carbocycles. The van der Waals surface area contributed by atoms with Gasteiger partial charge in [0.15, 0.2) is 0 Å². The van der Waals surface area contributed by atoms with E-state index in [0.717, 1.165) is 28.8 Å². The molecule has 2 heterocycles. The number of rotatable bonds is 3. The van der Waals surface area contributed by atoms with Crippen molar-refractivity contribution >= 4 is 42.6 Å². The summed E-state index contributed by atoms with van der Waals surface area (Å²) in [6, 6.07) is 16.4. The SMILES string of the molecule is c1ccc2c(CNc3cccc4n[se]nc34)ccnc2c1. The molecule has 0 amide bonds. The summed E-state index contributed by atoms with van der Waals surface area (Å²) in [6.07, 6.45) is 1.86. The zero-order valence-corrected chi connectivity index (χ0v) is 12.9. The Labute approximate surface area is 128 Å². The second-order valence-corrected chi connectivity index (χ2v) is 5.89. The van der Waals surface area contributed by atoms with Gasteiger partial charge in [-0.25, -0.2) is 0 Å². The van der Waals surface area contributed by atoms with Gasteiger partial charge in [0.2, 0.25) is 0 Å². The van der Waals surface area contributed by atoms with Gasteiger partial charge in [-0.1, -0.05) is 0 Å². The number of aromatic nitrogens is 3. The van der Waals surface area contributed by atoms with E-state index in [9.17, 15) is 0 Å². The molecule has 1 N–H and O–H groups in total. The quantitative estimate of drug-likeness (QED) is 0.583. The number of hydrogen-bond acceptors (Lipinski definition) is 4. The van der Waals surface area contributed by atoms with E-state index in [-0.39, 0.29) is 15.0 Å². The van der Waals surface area contributed by atoms with Gasteiger partial charge in [-0.2, -0.15) is 0 Å². The van der Waals surface area contributed by atoms with Crippen LogP contribution >= 0.6 is 0 Å². The number of benzene rings is 2. The predicted molar refractivity (Wildman–Crippen MR) is 85.5 cm³/mol. The minimum atomic E-state index is 0.00345. The molecule has 2 aromatic heterocycles. The topological polar surface area (TPSA) is 50.7 Å². The third-order valence-electron chi connectivity index (χ3n) is 3.49. The fourth-order valence-corrected chi connectivity index (χ4v) is 3.60. The van der Waals surface area contributed by atoms with E-state index in [2.05, 4.69) is 36.5 Å². The summed E-state index contributed by atoms with van der Waals surface area (Å²) >= 11 is 0.00345. The van der Waals surface area contributed by atoms with E-state index in [0.29, 0.717) is 0 Å². The first-order chi connectivity index (χ1) is 10.4. The molecule has 0 saturated carbocycles. The van der Waals surface area contributed by atoms with Crippen LogP contribution in [0.3, 0.4) is 0 Å². The maximum atomic E-state index is 4.49. The first kappa shape index (κ1) is 12.5. The Morgan fingerprint density at radius 2 is 1.81 bits per heavy atom. The van der Waals surface area contributed by atoms with Gasteiger partial charge in [0.1, 0.15) is 0 Å². The predicted octanol–water partition coefficient (Wildman–Crippen LogP) is 2.85. The molecular weight excluding hydrogens is 327 g/mol. The zero-order valence-electron chi connectivity index (χ0n) is 11.2. The summed E-state index contributed by atoms with van der Waals surface area (Å²) in [4.78, 5) is 4.40. The molecule has 0 unspecified atom stereocenters. The monoisotopic (exact) mass is 340 g/mol. The molecule has 0 radical (unpaired) electrons. The summed E-state index contributed by atoms with van der Waals surface area (Å²) in [6.45, 7) is 0.752. The minimum absolute atomic E-state index is 0.00345. The molecule has 0 spiro atoms. The number of para-hydroxylation sites is 1. The van der Waals surface area contributed by atoms with Crippen LogP contribution in [0.4, 0.5) is 5.69 Å². The van der Waals surface area contributed by atoms with E-state index in [1.165, 1.54) is 10.9 Å². The molecule has 2 aromatic carbocycles. The van der Waals surface area contributed by atoms with E-state index in [1.54, 1.807) is 0 Å². The number of nitrogens with one attached hydrogen (secondary N) is 1. The second-order valence-electron chi connectivity index (χ2n) is 4.78. The number of hydrogen-bond donors (Lipinski definition) is 1. The van der Waals surface area contributed by atoms with Crippen molar-refractivity contribution in [2.75, 3.05) is 5.32 Å². The van der Waals surface area contributed by atoms with Gasteiger partial charge in [-0.15, -0.1) is 0 Å². The van der Waals surface area contributed by atoms with Crippen LogP contribution in [-0.4, -0.2) is 27.9 Å². The Hall–Kier alpha value is -2.23. The van der Waals surface area contributed by atoms with Crippen LogP contribution in [-0.2, 0) is 6.54 Å². The summed E-state index contributed by atoms with van der Waals surface area (Å²) in [5, 5.41) is 4.67. The molecule has 4 rings (SSSR count). The van der Waals surface area contributed by atoms with Crippen LogP contribution in [0.25, 0.3) is 21.9 Å². The molecule has 0 aliphatic heterocycles.